The number of aromatic nitrogens is 1. The number of hydrogen-bond donors (Lipinski definition) is 1. The van der Waals surface area contributed by atoms with E-state index in [4.69, 9.17) is 5.11 Å². The summed E-state index contributed by atoms with van der Waals surface area (Å²) in [5, 5.41) is 10.0. The predicted octanol–water partition coefficient (Wildman–Crippen LogP) is 1.62. The number of carboxylic acids is 1. The Hall–Kier alpha value is -2.30. The van der Waals surface area contributed by atoms with Crippen molar-refractivity contribution in [1.29, 1.82) is 0 Å². The molecule has 5 nitrogen and oxygen atoms in total. The molecule has 1 unspecified atom stereocenters. The van der Waals surface area contributed by atoms with Gasteiger partial charge >= 0.3 is 5.97 Å². The number of hydrogen-bond acceptors (Lipinski definition) is 2. The highest BCUT2D eigenvalue weighted by Crippen LogP contribution is 2.32. The third-order valence-corrected chi connectivity index (χ3v) is 3.67. The van der Waals surface area contributed by atoms with Crippen molar-refractivity contribution in [1.82, 2.24) is 4.57 Å². The molecule has 98 valence electrons. The number of rotatable bonds is 2. The molecule has 0 bridgehead atoms. The molecule has 1 saturated heterocycles. The molecule has 1 aromatic carbocycles. The Kier molecular flexibility index (Phi) is 2.55. The quantitative estimate of drug-likeness (QED) is 0.890. The van der Waals surface area contributed by atoms with E-state index in [1.807, 2.05) is 42.1 Å². The average molecular weight is 258 g/mol. The van der Waals surface area contributed by atoms with Crippen molar-refractivity contribution >= 4 is 28.5 Å². The molecule has 1 atom stereocenters. The SMILES string of the molecule is Cn1ccc2c(N3CC(C(=O)O)CC3=O)cccc21. The van der Waals surface area contributed by atoms with Gasteiger partial charge in [-0.25, -0.2) is 0 Å². The van der Waals surface area contributed by atoms with E-state index >= 15 is 0 Å². The van der Waals surface area contributed by atoms with E-state index in [1.54, 1.807) is 4.90 Å². The fraction of sp³-hybridized carbons (Fsp3) is 0.286. The number of benzene rings is 1. The predicted molar refractivity (Wildman–Crippen MR) is 71.0 cm³/mol. The van der Waals surface area contributed by atoms with Gasteiger partial charge < -0.3 is 14.6 Å². The highest BCUT2D eigenvalue weighted by atomic mass is 16.4. The van der Waals surface area contributed by atoms with Crippen LogP contribution in [0.5, 0.6) is 0 Å². The molecular formula is C14H14N2O3. The Morgan fingerprint density at radius 2 is 2.16 bits per heavy atom. The minimum atomic E-state index is -0.906. The van der Waals surface area contributed by atoms with Gasteiger partial charge in [0.15, 0.2) is 0 Å². The van der Waals surface area contributed by atoms with Gasteiger partial charge in [-0.3, -0.25) is 9.59 Å². The summed E-state index contributed by atoms with van der Waals surface area (Å²) in [6.45, 7) is 0.252. The zero-order chi connectivity index (χ0) is 13.6. The van der Waals surface area contributed by atoms with Gasteiger partial charge in [-0.05, 0) is 18.2 Å². The smallest absolute Gasteiger partial charge is 0.308 e. The molecule has 3 rings (SSSR count). The van der Waals surface area contributed by atoms with Gasteiger partial charge in [0.1, 0.15) is 0 Å². The zero-order valence-electron chi connectivity index (χ0n) is 10.5. The van der Waals surface area contributed by atoms with Gasteiger partial charge in [0.25, 0.3) is 0 Å². The van der Waals surface area contributed by atoms with Crippen molar-refractivity contribution in [3.63, 3.8) is 0 Å². The van der Waals surface area contributed by atoms with E-state index in [-0.39, 0.29) is 18.9 Å². The van der Waals surface area contributed by atoms with E-state index in [0.29, 0.717) is 0 Å². The minimum absolute atomic E-state index is 0.0819. The van der Waals surface area contributed by atoms with Gasteiger partial charge in [0.05, 0.1) is 11.6 Å². The molecule has 0 radical (unpaired) electrons. The molecule has 0 spiro atoms. The number of anilines is 1. The van der Waals surface area contributed by atoms with Crippen LogP contribution in [0.3, 0.4) is 0 Å². The van der Waals surface area contributed by atoms with Gasteiger partial charge in [-0.1, -0.05) is 6.07 Å². The highest BCUT2D eigenvalue weighted by molar-refractivity contribution is 6.06. The molecule has 2 heterocycles. The molecule has 1 aromatic heterocycles. The molecule has 1 aliphatic rings. The van der Waals surface area contributed by atoms with Gasteiger partial charge in [0, 0.05) is 37.1 Å². The Morgan fingerprint density at radius 1 is 1.37 bits per heavy atom. The lowest BCUT2D eigenvalue weighted by atomic mass is 10.1. The minimum Gasteiger partial charge on any atom is -0.481 e. The van der Waals surface area contributed by atoms with Crippen molar-refractivity contribution in [3.05, 3.63) is 30.5 Å². The molecule has 1 fully saturated rings. The van der Waals surface area contributed by atoms with Crippen molar-refractivity contribution in [3.8, 4) is 0 Å². The first-order valence-corrected chi connectivity index (χ1v) is 6.15. The van der Waals surface area contributed by atoms with Gasteiger partial charge in [-0.2, -0.15) is 0 Å². The first-order valence-electron chi connectivity index (χ1n) is 6.15. The van der Waals surface area contributed by atoms with Crippen LogP contribution in [0, 0.1) is 5.92 Å². The number of amides is 1. The van der Waals surface area contributed by atoms with Gasteiger partial charge in [0.2, 0.25) is 5.91 Å². The van der Waals surface area contributed by atoms with Crippen LogP contribution >= 0.6 is 0 Å². The third-order valence-electron chi connectivity index (χ3n) is 3.67. The standard InChI is InChI=1S/C14H14N2O3/c1-15-6-5-10-11(15)3-2-4-12(10)16-8-9(14(18)19)7-13(16)17/h2-6,9H,7-8H2,1H3,(H,18,19). The fourth-order valence-corrected chi connectivity index (χ4v) is 2.63. The number of carboxylic acid groups (broad SMARTS) is 1. The maximum atomic E-state index is 12.0. The summed E-state index contributed by atoms with van der Waals surface area (Å²) in [5.74, 6) is -1.63. The van der Waals surface area contributed by atoms with E-state index in [0.717, 1.165) is 16.6 Å². The van der Waals surface area contributed by atoms with E-state index in [9.17, 15) is 9.59 Å². The molecule has 19 heavy (non-hydrogen) atoms. The summed E-state index contributed by atoms with van der Waals surface area (Å²) in [5.41, 5.74) is 1.83. The van der Waals surface area contributed by atoms with Crippen molar-refractivity contribution in [2.75, 3.05) is 11.4 Å². The first kappa shape index (κ1) is 11.8. The van der Waals surface area contributed by atoms with E-state index in [1.165, 1.54) is 0 Å². The number of carbonyl (C=O) groups excluding carboxylic acids is 1. The molecule has 0 aliphatic carbocycles. The molecule has 0 saturated carbocycles. The third kappa shape index (κ3) is 1.78. The van der Waals surface area contributed by atoms with Crippen LogP contribution in [-0.4, -0.2) is 28.1 Å². The average Bonchev–Trinajstić information content (AvgIpc) is 2.94. The lowest BCUT2D eigenvalue weighted by Gasteiger charge is -2.17. The monoisotopic (exact) mass is 258 g/mol. The topological polar surface area (TPSA) is 62.5 Å². The lowest BCUT2D eigenvalue weighted by Crippen LogP contribution is -2.25. The molecule has 5 heteroatoms. The summed E-state index contributed by atoms with van der Waals surface area (Å²) in [7, 11) is 1.94. The van der Waals surface area contributed by atoms with Gasteiger partial charge in [-0.15, -0.1) is 0 Å². The summed E-state index contributed by atoms with van der Waals surface area (Å²) >= 11 is 0. The van der Waals surface area contributed by atoms with E-state index < -0.39 is 11.9 Å². The van der Waals surface area contributed by atoms with Crippen LogP contribution in [0.25, 0.3) is 10.9 Å². The number of aliphatic carboxylic acids is 1. The maximum absolute atomic E-state index is 12.0. The number of fused-ring (bicyclic) bond motifs is 1. The molecule has 1 aliphatic heterocycles. The normalized spacial score (nSPS) is 19.3. The lowest BCUT2D eigenvalue weighted by molar-refractivity contribution is -0.141. The number of nitrogens with zero attached hydrogens (tertiary/aromatic N) is 2. The second-order valence-corrected chi connectivity index (χ2v) is 4.88. The Labute approximate surface area is 110 Å². The number of aryl methyl sites for hydroxylation is 1. The fourth-order valence-electron chi connectivity index (χ4n) is 2.63. The summed E-state index contributed by atoms with van der Waals surface area (Å²) < 4.78 is 1.98. The molecule has 1 amide bonds. The largest absolute Gasteiger partial charge is 0.481 e. The van der Waals surface area contributed by atoms with Crippen LogP contribution < -0.4 is 4.90 Å². The zero-order valence-corrected chi connectivity index (χ0v) is 10.5. The maximum Gasteiger partial charge on any atom is 0.308 e. The van der Waals surface area contributed by atoms with E-state index in [2.05, 4.69) is 0 Å². The van der Waals surface area contributed by atoms with Crippen LogP contribution in [0.15, 0.2) is 30.5 Å². The van der Waals surface area contributed by atoms with Crippen molar-refractivity contribution in [2.45, 2.75) is 6.42 Å². The van der Waals surface area contributed by atoms with Crippen molar-refractivity contribution < 1.29 is 14.7 Å². The summed E-state index contributed by atoms with van der Waals surface area (Å²) in [4.78, 5) is 24.6. The Balaban J connectivity index is 2.05. The highest BCUT2D eigenvalue weighted by Gasteiger charge is 2.35. The number of carbonyl (C=O) groups is 2. The molecule has 2 aromatic rings. The van der Waals surface area contributed by atoms with Crippen molar-refractivity contribution in [2.24, 2.45) is 13.0 Å². The summed E-state index contributed by atoms with van der Waals surface area (Å²) in [6, 6.07) is 7.68. The Morgan fingerprint density at radius 3 is 2.84 bits per heavy atom. The molecular weight excluding hydrogens is 244 g/mol. The Bertz CT molecular complexity index is 674. The second-order valence-electron chi connectivity index (χ2n) is 4.88. The molecule has 1 N–H and O–H groups in total. The van der Waals surface area contributed by atoms with Crippen LogP contribution in [0.2, 0.25) is 0 Å². The van der Waals surface area contributed by atoms with Crippen LogP contribution in [0.4, 0.5) is 5.69 Å². The van der Waals surface area contributed by atoms with Crippen LogP contribution in [0.1, 0.15) is 6.42 Å². The van der Waals surface area contributed by atoms with Crippen LogP contribution in [-0.2, 0) is 16.6 Å². The second kappa shape index (κ2) is 4.12. The summed E-state index contributed by atoms with van der Waals surface area (Å²) in [6.07, 6.45) is 2.02. The first-order chi connectivity index (χ1) is 9.08.